The highest BCUT2D eigenvalue weighted by Gasteiger charge is 2.29. The summed E-state index contributed by atoms with van der Waals surface area (Å²) in [5.74, 6) is -1.72. The molecule has 8 nitrogen and oxygen atoms in total. The van der Waals surface area contributed by atoms with Crippen LogP contribution in [0, 0.1) is 0 Å². The predicted octanol–water partition coefficient (Wildman–Crippen LogP) is 3.43. The second-order valence-electron chi connectivity index (χ2n) is 7.50. The summed E-state index contributed by atoms with van der Waals surface area (Å²) < 4.78 is 5.40. The molecule has 0 saturated carbocycles. The zero-order chi connectivity index (χ0) is 22.2. The molecule has 2 aromatic rings. The number of carboxylic acid groups (broad SMARTS) is 1. The van der Waals surface area contributed by atoms with E-state index in [0.717, 1.165) is 22.3 Å². The van der Waals surface area contributed by atoms with E-state index in [0.29, 0.717) is 19.3 Å². The van der Waals surface area contributed by atoms with E-state index >= 15 is 0 Å². The number of ether oxygens (including phenoxy) is 1. The maximum absolute atomic E-state index is 12.3. The SMILES string of the molecule is O=C(CCCCC[C@H](NC(=O)OCC1c2ccccc2-c2ccccc21)C(=O)O)NO. The summed E-state index contributed by atoms with van der Waals surface area (Å²) in [6, 6.07) is 14.9. The molecule has 0 spiro atoms. The van der Waals surface area contributed by atoms with Gasteiger partial charge in [-0.3, -0.25) is 10.0 Å². The van der Waals surface area contributed by atoms with Crippen LogP contribution >= 0.6 is 0 Å². The molecule has 1 aliphatic rings. The van der Waals surface area contributed by atoms with Crippen LogP contribution < -0.4 is 10.8 Å². The third kappa shape index (κ3) is 5.61. The van der Waals surface area contributed by atoms with Crippen molar-refractivity contribution in [1.82, 2.24) is 10.8 Å². The van der Waals surface area contributed by atoms with E-state index in [9.17, 15) is 19.5 Å². The van der Waals surface area contributed by atoms with E-state index in [1.165, 1.54) is 0 Å². The summed E-state index contributed by atoms with van der Waals surface area (Å²) in [7, 11) is 0. The van der Waals surface area contributed by atoms with Gasteiger partial charge in [0.15, 0.2) is 0 Å². The largest absolute Gasteiger partial charge is 0.480 e. The third-order valence-electron chi connectivity index (χ3n) is 5.46. The normalized spacial score (nSPS) is 13.1. The summed E-state index contributed by atoms with van der Waals surface area (Å²) in [4.78, 5) is 34.7. The van der Waals surface area contributed by atoms with Crippen molar-refractivity contribution in [2.24, 2.45) is 0 Å². The van der Waals surface area contributed by atoms with Gasteiger partial charge in [-0.05, 0) is 35.1 Å². The van der Waals surface area contributed by atoms with Crippen molar-refractivity contribution in [3.8, 4) is 11.1 Å². The van der Waals surface area contributed by atoms with Crippen molar-refractivity contribution in [3.63, 3.8) is 0 Å². The molecule has 0 radical (unpaired) electrons. The molecular formula is C23H26N2O6. The second-order valence-corrected chi connectivity index (χ2v) is 7.50. The quantitative estimate of drug-likeness (QED) is 0.262. The molecule has 1 aliphatic carbocycles. The van der Waals surface area contributed by atoms with Gasteiger partial charge in [0.25, 0.3) is 0 Å². The summed E-state index contributed by atoms with van der Waals surface area (Å²) in [5.41, 5.74) is 5.95. The predicted molar refractivity (Wildman–Crippen MR) is 113 cm³/mol. The fourth-order valence-electron chi connectivity index (χ4n) is 3.91. The first-order valence-corrected chi connectivity index (χ1v) is 10.3. The Balaban J connectivity index is 1.52. The van der Waals surface area contributed by atoms with E-state index in [4.69, 9.17) is 9.94 Å². The molecule has 0 unspecified atom stereocenters. The van der Waals surface area contributed by atoms with Crippen molar-refractivity contribution < 1.29 is 29.4 Å². The van der Waals surface area contributed by atoms with Gasteiger partial charge in [0.2, 0.25) is 5.91 Å². The molecule has 2 amide bonds. The first-order valence-electron chi connectivity index (χ1n) is 10.3. The minimum atomic E-state index is -1.14. The topological polar surface area (TPSA) is 125 Å². The number of hydroxylamine groups is 1. The highest BCUT2D eigenvalue weighted by atomic mass is 16.5. The third-order valence-corrected chi connectivity index (χ3v) is 5.46. The highest BCUT2D eigenvalue weighted by molar-refractivity contribution is 5.81. The number of fused-ring (bicyclic) bond motifs is 3. The molecule has 164 valence electrons. The summed E-state index contributed by atoms with van der Waals surface area (Å²) >= 11 is 0. The fraction of sp³-hybridized carbons (Fsp3) is 0.348. The number of aliphatic carboxylic acids is 1. The molecule has 31 heavy (non-hydrogen) atoms. The number of carbonyl (C=O) groups is 3. The number of hydrogen-bond acceptors (Lipinski definition) is 5. The molecular weight excluding hydrogens is 400 g/mol. The number of benzene rings is 2. The van der Waals surface area contributed by atoms with E-state index in [1.54, 1.807) is 5.48 Å². The van der Waals surface area contributed by atoms with Crippen LogP contribution in [-0.2, 0) is 14.3 Å². The van der Waals surface area contributed by atoms with Crippen molar-refractivity contribution in [3.05, 3.63) is 59.7 Å². The van der Waals surface area contributed by atoms with Crippen LogP contribution in [0.15, 0.2) is 48.5 Å². The monoisotopic (exact) mass is 426 g/mol. The maximum atomic E-state index is 12.3. The Labute approximate surface area is 180 Å². The minimum Gasteiger partial charge on any atom is -0.480 e. The van der Waals surface area contributed by atoms with Gasteiger partial charge < -0.3 is 15.2 Å². The van der Waals surface area contributed by atoms with Crippen LogP contribution in [0.4, 0.5) is 4.79 Å². The average molecular weight is 426 g/mol. The van der Waals surface area contributed by atoms with Crippen molar-refractivity contribution in [2.75, 3.05) is 6.61 Å². The summed E-state index contributed by atoms with van der Waals surface area (Å²) in [6.45, 7) is 0.114. The molecule has 0 aromatic heterocycles. The number of alkyl carbamates (subject to hydrolysis) is 1. The Bertz CT molecular complexity index is 900. The summed E-state index contributed by atoms with van der Waals surface area (Å²) in [5, 5.41) is 20.2. The van der Waals surface area contributed by atoms with Gasteiger partial charge in [-0.1, -0.05) is 61.4 Å². The molecule has 1 atom stereocenters. The Morgan fingerprint density at radius 2 is 1.55 bits per heavy atom. The maximum Gasteiger partial charge on any atom is 0.407 e. The van der Waals surface area contributed by atoms with Crippen LogP contribution in [0.1, 0.15) is 49.1 Å². The van der Waals surface area contributed by atoms with Gasteiger partial charge in [0.05, 0.1) is 0 Å². The Morgan fingerprint density at radius 1 is 0.935 bits per heavy atom. The van der Waals surface area contributed by atoms with E-state index < -0.39 is 24.0 Å². The van der Waals surface area contributed by atoms with E-state index in [-0.39, 0.29) is 25.4 Å². The van der Waals surface area contributed by atoms with Crippen molar-refractivity contribution in [2.45, 2.75) is 44.1 Å². The van der Waals surface area contributed by atoms with Crippen LogP contribution in [0.25, 0.3) is 11.1 Å². The van der Waals surface area contributed by atoms with Crippen LogP contribution in [0.3, 0.4) is 0 Å². The van der Waals surface area contributed by atoms with Gasteiger partial charge in [-0.25, -0.2) is 15.1 Å². The molecule has 0 aliphatic heterocycles. The lowest BCUT2D eigenvalue weighted by molar-refractivity contribution is -0.139. The molecule has 4 N–H and O–H groups in total. The number of hydrogen-bond donors (Lipinski definition) is 4. The number of rotatable bonds is 10. The lowest BCUT2D eigenvalue weighted by atomic mass is 9.98. The van der Waals surface area contributed by atoms with Crippen LogP contribution in [0.2, 0.25) is 0 Å². The van der Waals surface area contributed by atoms with E-state index in [1.807, 2.05) is 48.5 Å². The zero-order valence-corrected chi connectivity index (χ0v) is 17.0. The number of unbranched alkanes of at least 4 members (excludes halogenated alkanes) is 2. The zero-order valence-electron chi connectivity index (χ0n) is 17.0. The number of carboxylic acids is 1. The lowest BCUT2D eigenvalue weighted by Gasteiger charge is -2.17. The number of amides is 2. The molecule has 0 saturated heterocycles. The van der Waals surface area contributed by atoms with Gasteiger partial charge in [0, 0.05) is 12.3 Å². The molecule has 0 heterocycles. The average Bonchev–Trinajstić information content (AvgIpc) is 3.10. The van der Waals surface area contributed by atoms with Crippen molar-refractivity contribution in [1.29, 1.82) is 0 Å². The highest BCUT2D eigenvalue weighted by Crippen LogP contribution is 2.44. The Hall–Kier alpha value is -3.39. The molecule has 3 rings (SSSR count). The second kappa shape index (κ2) is 10.6. The standard InChI is InChI=1S/C23H26N2O6/c26-21(25-30)13-3-1-2-12-20(22(27)28)24-23(29)31-14-19-17-10-6-4-8-15(17)16-9-5-7-11-18(16)19/h4-11,19-20,30H,1-3,12-14H2,(H,24,29)(H,25,26)(H,27,28)/t20-/m0/s1. The number of carbonyl (C=O) groups excluding carboxylic acids is 2. The van der Waals surface area contributed by atoms with Crippen LogP contribution in [-0.4, -0.2) is 40.9 Å². The first kappa shape index (κ1) is 22.3. The lowest BCUT2D eigenvalue weighted by Crippen LogP contribution is -2.41. The Kier molecular flexibility index (Phi) is 7.61. The smallest absolute Gasteiger partial charge is 0.407 e. The molecule has 2 aromatic carbocycles. The van der Waals surface area contributed by atoms with Gasteiger partial charge >= 0.3 is 12.1 Å². The number of nitrogens with one attached hydrogen (secondary N) is 2. The van der Waals surface area contributed by atoms with E-state index in [2.05, 4.69) is 5.32 Å². The van der Waals surface area contributed by atoms with Crippen molar-refractivity contribution >= 4 is 18.0 Å². The molecule has 0 bridgehead atoms. The molecule has 0 fully saturated rings. The first-order chi connectivity index (χ1) is 15.0. The Morgan fingerprint density at radius 3 is 2.13 bits per heavy atom. The van der Waals surface area contributed by atoms with Gasteiger partial charge in [0.1, 0.15) is 12.6 Å². The minimum absolute atomic E-state index is 0.0981. The van der Waals surface area contributed by atoms with Gasteiger partial charge in [-0.2, -0.15) is 0 Å². The molecule has 8 heteroatoms. The van der Waals surface area contributed by atoms with Gasteiger partial charge in [-0.15, -0.1) is 0 Å². The summed E-state index contributed by atoms with van der Waals surface area (Å²) in [6.07, 6.45) is 1.25. The fourth-order valence-corrected chi connectivity index (χ4v) is 3.91. The van der Waals surface area contributed by atoms with Crippen LogP contribution in [0.5, 0.6) is 0 Å².